The summed E-state index contributed by atoms with van der Waals surface area (Å²) < 4.78 is 0. The van der Waals surface area contributed by atoms with E-state index in [0.29, 0.717) is 19.5 Å². The van der Waals surface area contributed by atoms with Gasteiger partial charge >= 0.3 is 0 Å². The molecule has 92 heavy (non-hydrogen) atoms. The van der Waals surface area contributed by atoms with E-state index in [2.05, 4.69) is 33.2 Å². The lowest BCUT2D eigenvalue weighted by molar-refractivity contribution is -0.153. The Balaban J connectivity index is 1.74. The Kier molecular flexibility index (Phi) is 32.2. The maximum absolute atomic E-state index is 14.7. The molecule has 0 spiro atoms. The van der Waals surface area contributed by atoms with Crippen molar-refractivity contribution in [2.24, 2.45) is 23.7 Å². The number of benzene rings is 2. The van der Waals surface area contributed by atoms with E-state index in [4.69, 9.17) is 0 Å². The summed E-state index contributed by atoms with van der Waals surface area (Å²) in [7, 11) is 7.02. The lowest BCUT2D eigenvalue weighted by Crippen LogP contribution is -2.61. The van der Waals surface area contributed by atoms with Crippen LogP contribution in [0.3, 0.4) is 0 Å². The lowest BCUT2D eigenvalue weighted by Gasteiger charge is -2.38. The average molecular weight is 1280 g/mol. The molecule has 1 aliphatic rings. The molecule has 2 aromatic carbocycles. The second-order valence-electron chi connectivity index (χ2n) is 26.8. The third-order valence-electron chi connectivity index (χ3n) is 16.7. The second-order valence-corrected chi connectivity index (χ2v) is 26.8. The van der Waals surface area contributed by atoms with Gasteiger partial charge in [-0.3, -0.25) is 52.7 Å². The van der Waals surface area contributed by atoms with Gasteiger partial charge in [0, 0.05) is 67.6 Å². The summed E-state index contributed by atoms with van der Waals surface area (Å²) in [5.74, 6) is -7.29. The van der Waals surface area contributed by atoms with Gasteiger partial charge in [0.2, 0.25) is 65.0 Å². The molecule has 2 aromatic rings. The van der Waals surface area contributed by atoms with E-state index in [1.807, 2.05) is 109 Å². The molecule has 512 valence electrons. The van der Waals surface area contributed by atoms with Crippen LogP contribution in [0.25, 0.3) is 0 Å². The van der Waals surface area contributed by atoms with Crippen molar-refractivity contribution in [3.05, 3.63) is 83.9 Å². The zero-order valence-corrected chi connectivity index (χ0v) is 57.9. The molecular formula is C69H109N11O12. The van der Waals surface area contributed by atoms with E-state index in [1.54, 1.807) is 18.7 Å². The molecule has 0 unspecified atom stereocenters. The smallest absolute Gasteiger partial charge is 0.248 e. The Hall–Kier alpha value is -7.69. The van der Waals surface area contributed by atoms with E-state index in [1.165, 1.54) is 70.7 Å². The molecule has 23 nitrogen and oxygen atoms in total. The van der Waals surface area contributed by atoms with Crippen LogP contribution in [-0.4, -0.2) is 215 Å². The fourth-order valence-corrected chi connectivity index (χ4v) is 11.3. The monoisotopic (exact) mass is 1280 g/mol. The van der Waals surface area contributed by atoms with Crippen LogP contribution in [0.1, 0.15) is 146 Å². The molecule has 10 atom stereocenters. The fraction of sp³-hybridized carbons (Fsp3) is 0.638. The number of carbonyl (C=O) groups is 11. The molecule has 11 amide bonds. The number of aliphatic hydroxyl groups is 1. The highest BCUT2D eigenvalue weighted by atomic mass is 16.3. The van der Waals surface area contributed by atoms with Crippen molar-refractivity contribution in [1.82, 2.24) is 56.0 Å². The van der Waals surface area contributed by atoms with Crippen LogP contribution < -0.4 is 26.6 Å². The first-order chi connectivity index (χ1) is 43.1. The van der Waals surface area contributed by atoms with Crippen molar-refractivity contribution in [3.8, 4) is 0 Å². The molecule has 0 bridgehead atoms. The molecule has 0 aliphatic carbocycles. The van der Waals surface area contributed by atoms with Gasteiger partial charge in [0.15, 0.2) is 0 Å². The molecule has 1 fully saturated rings. The van der Waals surface area contributed by atoms with Crippen LogP contribution in [-0.2, 0) is 65.6 Å². The highest BCUT2D eigenvalue weighted by Crippen LogP contribution is 2.22. The molecule has 6 N–H and O–H groups in total. The number of rotatable bonds is 35. The summed E-state index contributed by atoms with van der Waals surface area (Å²) in [6, 6.07) is 8.15. The van der Waals surface area contributed by atoms with Gasteiger partial charge in [-0.25, -0.2) is 0 Å². The van der Waals surface area contributed by atoms with E-state index in [0.717, 1.165) is 45.8 Å². The molecule has 23 heteroatoms. The van der Waals surface area contributed by atoms with Crippen LogP contribution in [0.5, 0.6) is 0 Å². The first kappa shape index (κ1) is 78.6. The van der Waals surface area contributed by atoms with Gasteiger partial charge in [-0.15, -0.1) is 6.58 Å². The molecule has 1 aliphatic heterocycles. The maximum Gasteiger partial charge on any atom is 0.248 e. The SMILES string of the molecule is C=C(C)CCC(=O)N[C@@H](Cc1ccccc1)C(=O)N(C)[C@@H](CC(C)C)C(=O)N(C)[C@H](C(=O)N(C)CC(=O)N[C@H](C(=O)N(C)[C@@H](C)C(=O)N[C@@H](C)C(=O)N(C)[C@@H](CC(C)C)C(=O)N[C@@H](CC(C)C)C(=O)N[C@@H](Cc1ccccc1)C(=O)N1CCCCC1)[C@@H](C)O)C(C)C. The van der Waals surface area contributed by atoms with Gasteiger partial charge in [-0.2, -0.15) is 0 Å². The summed E-state index contributed by atoms with van der Waals surface area (Å²) in [6.07, 6.45) is 2.82. The fourth-order valence-electron chi connectivity index (χ4n) is 11.3. The number of aliphatic hydroxyl groups excluding tert-OH is 1. The molecule has 3 rings (SSSR count). The standard InChI is InChI=1S/C69H109N11O12/c1-42(2)32-33-57(82)71-53(39-50-28-22-19-23-29-50)65(88)78(17)56(38-45(7)8)67(90)79(18)60(46(9)10)69(92)75(14)41-58(83)74-59(49(13)81)68(91)76(15)48(12)61(84)70-47(11)64(87)77(16)55(37-44(5)6)63(86)72-52(36-43(3)4)62(85)73-54(40-51-30-24-20-25-31-51)66(89)80-34-26-21-27-35-80/h19-20,22-25,28-31,43-49,52-56,59-60,81H,1,21,26-27,32-41H2,2-18H3,(H,70,84)(H,71,82)(H,72,86)(H,73,85)(H,74,83)/t47-,48-,49+,52-,53-,54-,55-,56-,59-,60-/m0/s1. The lowest BCUT2D eigenvalue weighted by atomic mass is 9.96. The third-order valence-corrected chi connectivity index (χ3v) is 16.7. The van der Waals surface area contributed by atoms with Crippen LogP contribution in [0.15, 0.2) is 72.8 Å². The van der Waals surface area contributed by atoms with Crippen molar-refractivity contribution < 1.29 is 57.8 Å². The summed E-state index contributed by atoms with van der Waals surface area (Å²) in [5.41, 5.74) is 2.46. The summed E-state index contributed by atoms with van der Waals surface area (Å²) >= 11 is 0. The predicted octanol–water partition coefficient (Wildman–Crippen LogP) is 4.25. The van der Waals surface area contributed by atoms with Crippen LogP contribution in [0.4, 0.5) is 0 Å². The predicted molar refractivity (Wildman–Crippen MR) is 355 cm³/mol. The number of nitrogens with zero attached hydrogens (tertiary/aromatic N) is 6. The number of piperidine rings is 1. The Labute approximate surface area is 546 Å². The Morgan fingerprint density at radius 3 is 1.50 bits per heavy atom. The molecule has 1 heterocycles. The van der Waals surface area contributed by atoms with Crippen LogP contribution in [0, 0.1) is 23.7 Å². The number of allylic oxidation sites excluding steroid dienone is 1. The minimum absolute atomic E-state index is 0.0582. The third kappa shape index (κ3) is 24.4. The second kappa shape index (κ2) is 37.7. The van der Waals surface area contributed by atoms with Gasteiger partial charge in [0.25, 0.3) is 0 Å². The molecule has 0 radical (unpaired) electrons. The zero-order chi connectivity index (χ0) is 69.4. The topological polar surface area (TPSA) is 288 Å². The van der Waals surface area contributed by atoms with Crippen molar-refractivity contribution in [2.75, 3.05) is 54.9 Å². The summed E-state index contributed by atoms with van der Waals surface area (Å²) in [4.78, 5) is 163. The molecule has 1 saturated heterocycles. The molecule has 0 aromatic heterocycles. The number of carbonyl (C=O) groups excluding carboxylic acids is 11. The molecular weight excluding hydrogens is 1170 g/mol. The maximum atomic E-state index is 14.7. The van der Waals surface area contributed by atoms with E-state index in [-0.39, 0.29) is 68.1 Å². The number of amides is 11. The van der Waals surface area contributed by atoms with Crippen molar-refractivity contribution in [3.63, 3.8) is 0 Å². The number of hydrogen-bond donors (Lipinski definition) is 6. The Morgan fingerprint density at radius 2 is 1.00 bits per heavy atom. The first-order valence-corrected chi connectivity index (χ1v) is 32.6. The molecule has 0 saturated carbocycles. The number of likely N-dealkylation sites (tertiary alicyclic amines) is 1. The minimum atomic E-state index is -1.62. The van der Waals surface area contributed by atoms with Gasteiger partial charge in [-0.1, -0.05) is 122 Å². The van der Waals surface area contributed by atoms with Crippen molar-refractivity contribution in [1.29, 1.82) is 0 Å². The summed E-state index contributed by atoms with van der Waals surface area (Å²) in [6.45, 7) is 25.1. The van der Waals surface area contributed by atoms with Crippen molar-refractivity contribution >= 4 is 65.0 Å². The largest absolute Gasteiger partial charge is 0.391 e. The number of hydrogen-bond acceptors (Lipinski definition) is 12. The average Bonchev–Trinajstić information content (AvgIpc) is 1.07. The van der Waals surface area contributed by atoms with E-state index >= 15 is 0 Å². The zero-order valence-electron chi connectivity index (χ0n) is 57.9. The minimum Gasteiger partial charge on any atom is -0.391 e. The summed E-state index contributed by atoms with van der Waals surface area (Å²) in [5, 5.41) is 24.8. The van der Waals surface area contributed by atoms with E-state index < -0.39 is 126 Å². The van der Waals surface area contributed by atoms with Crippen LogP contribution >= 0.6 is 0 Å². The first-order valence-electron chi connectivity index (χ1n) is 32.6. The van der Waals surface area contributed by atoms with Gasteiger partial charge < -0.3 is 61.1 Å². The Morgan fingerprint density at radius 1 is 0.500 bits per heavy atom. The van der Waals surface area contributed by atoms with E-state index in [9.17, 15) is 57.8 Å². The quantitative estimate of drug-likeness (QED) is 0.0529. The van der Waals surface area contributed by atoms with Gasteiger partial charge in [0.05, 0.1) is 12.6 Å². The normalized spacial score (nSPS) is 15.7. The highest BCUT2D eigenvalue weighted by molar-refractivity contribution is 5.98. The highest BCUT2D eigenvalue weighted by Gasteiger charge is 2.42. The van der Waals surface area contributed by atoms with Gasteiger partial charge in [-0.05, 0) is 107 Å². The number of nitrogens with one attached hydrogen (secondary N) is 5. The van der Waals surface area contributed by atoms with Crippen LogP contribution in [0.2, 0.25) is 0 Å². The van der Waals surface area contributed by atoms with Crippen molar-refractivity contribution in [2.45, 2.75) is 208 Å². The van der Waals surface area contributed by atoms with Gasteiger partial charge in [0.1, 0.15) is 54.4 Å². The Bertz CT molecular complexity index is 2810. The number of likely N-dealkylation sites (N-methyl/N-ethyl adjacent to an activating group) is 5.